The monoisotopic (exact) mass is 304 g/mol. The quantitative estimate of drug-likeness (QED) is 0.834. The maximum Gasteiger partial charge on any atom is 0.230 e. The summed E-state index contributed by atoms with van der Waals surface area (Å²) in [5, 5.41) is 11.7. The third kappa shape index (κ3) is 4.32. The molecule has 0 saturated carbocycles. The van der Waals surface area contributed by atoms with E-state index in [-0.39, 0.29) is 18.0 Å². The van der Waals surface area contributed by atoms with Gasteiger partial charge in [0.1, 0.15) is 6.33 Å². The number of benzene rings is 1. The molecule has 0 saturated heterocycles. The lowest BCUT2D eigenvalue weighted by Crippen LogP contribution is -2.28. The molecule has 1 aromatic carbocycles. The molecule has 0 radical (unpaired) electrons. The van der Waals surface area contributed by atoms with Crippen LogP contribution in [0.5, 0.6) is 0 Å². The minimum Gasteiger partial charge on any atom is -0.349 e. The Bertz CT molecular complexity index is 582. The van der Waals surface area contributed by atoms with E-state index in [1.165, 1.54) is 11.8 Å². The maximum absolute atomic E-state index is 12.0. The predicted molar refractivity (Wildman–Crippen MR) is 84.1 cm³/mol. The molecule has 0 bridgehead atoms. The fourth-order valence-corrected chi connectivity index (χ4v) is 2.78. The van der Waals surface area contributed by atoms with E-state index in [4.69, 9.17) is 0 Å². The van der Waals surface area contributed by atoms with Crippen molar-refractivity contribution in [1.82, 2.24) is 20.1 Å². The van der Waals surface area contributed by atoms with Gasteiger partial charge in [-0.15, -0.1) is 10.2 Å². The number of aromatic nitrogens is 3. The minimum atomic E-state index is -0.00495. The molecule has 1 N–H and O–H groups in total. The van der Waals surface area contributed by atoms with Gasteiger partial charge in [0.25, 0.3) is 0 Å². The van der Waals surface area contributed by atoms with Gasteiger partial charge < -0.3 is 9.88 Å². The molecule has 6 heteroatoms. The summed E-state index contributed by atoms with van der Waals surface area (Å²) in [6.45, 7) is 6.10. The fraction of sp³-hybridized carbons (Fsp3) is 0.400. The van der Waals surface area contributed by atoms with Crippen molar-refractivity contribution in [2.24, 2.45) is 0 Å². The summed E-state index contributed by atoms with van der Waals surface area (Å²) >= 11 is 1.40. The van der Waals surface area contributed by atoms with E-state index in [1.807, 2.05) is 41.8 Å². The smallest absolute Gasteiger partial charge is 0.230 e. The number of carbonyl (C=O) groups is 1. The van der Waals surface area contributed by atoms with Gasteiger partial charge in [0, 0.05) is 6.04 Å². The van der Waals surface area contributed by atoms with Crippen LogP contribution in [-0.4, -0.2) is 26.4 Å². The Balaban J connectivity index is 1.86. The van der Waals surface area contributed by atoms with Gasteiger partial charge in [-0.3, -0.25) is 4.79 Å². The lowest BCUT2D eigenvalue weighted by Gasteiger charge is -2.14. The van der Waals surface area contributed by atoms with Gasteiger partial charge in [0.15, 0.2) is 5.16 Å². The van der Waals surface area contributed by atoms with Gasteiger partial charge in [-0.2, -0.15) is 0 Å². The Kier molecular flexibility index (Phi) is 5.38. The molecule has 0 unspecified atom stereocenters. The number of carbonyl (C=O) groups excluding carboxylic acids is 1. The lowest BCUT2D eigenvalue weighted by atomic mass is 10.1. The van der Waals surface area contributed by atoms with Gasteiger partial charge >= 0.3 is 0 Å². The Hall–Kier alpha value is -1.82. The van der Waals surface area contributed by atoms with Crippen molar-refractivity contribution >= 4 is 17.7 Å². The molecule has 112 valence electrons. The average Bonchev–Trinajstić information content (AvgIpc) is 2.94. The molecule has 2 aromatic rings. The zero-order valence-corrected chi connectivity index (χ0v) is 13.3. The van der Waals surface area contributed by atoms with Gasteiger partial charge in [-0.05, 0) is 26.3 Å². The van der Waals surface area contributed by atoms with E-state index in [0.717, 1.165) is 10.7 Å². The second kappa shape index (κ2) is 7.26. The summed E-state index contributed by atoms with van der Waals surface area (Å²) in [4.78, 5) is 12.0. The second-order valence-corrected chi connectivity index (χ2v) is 6.05. The first-order valence-electron chi connectivity index (χ1n) is 6.94. The summed E-state index contributed by atoms with van der Waals surface area (Å²) < 4.78 is 1.96. The minimum absolute atomic E-state index is 0.00210. The van der Waals surface area contributed by atoms with Crippen molar-refractivity contribution in [3.8, 4) is 0 Å². The molecule has 0 spiro atoms. The number of hydrogen-bond donors (Lipinski definition) is 1. The van der Waals surface area contributed by atoms with E-state index in [0.29, 0.717) is 5.75 Å². The summed E-state index contributed by atoms with van der Waals surface area (Å²) in [7, 11) is 0. The zero-order valence-electron chi connectivity index (χ0n) is 12.5. The zero-order chi connectivity index (χ0) is 15.2. The van der Waals surface area contributed by atoms with Crippen LogP contribution in [-0.2, 0) is 4.79 Å². The fourth-order valence-electron chi connectivity index (χ4n) is 1.93. The first-order valence-corrected chi connectivity index (χ1v) is 7.93. The van der Waals surface area contributed by atoms with Crippen molar-refractivity contribution in [1.29, 1.82) is 0 Å². The van der Waals surface area contributed by atoms with Gasteiger partial charge in [0.2, 0.25) is 5.91 Å². The molecular formula is C15H20N4OS. The normalized spacial score (nSPS) is 12.4. The molecule has 1 amide bonds. The van der Waals surface area contributed by atoms with Crippen molar-refractivity contribution in [2.45, 2.75) is 38.0 Å². The molecule has 0 aliphatic rings. The second-order valence-electron chi connectivity index (χ2n) is 5.10. The van der Waals surface area contributed by atoms with Crippen LogP contribution in [0.15, 0.2) is 41.8 Å². The molecule has 0 aliphatic heterocycles. The Labute approximate surface area is 129 Å². The number of nitrogens with one attached hydrogen (secondary N) is 1. The molecule has 1 atom stereocenters. The molecule has 1 heterocycles. The number of thioether (sulfide) groups is 1. The summed E-state index contributed by atoms with van der Waals surface area (Å²) in [6, 6.07) is 10.2. The highest BCUT2D eigenvalue weighted by atomic mass is 32.2. The summed E-state index contributed by atoms with van der Waals surface area (Å²) in [5.41, 5.74) is 1.10. The van der Waals surface area contributed by atoms with Crippen LogP contribution < -0.4 is 5.32 Å². The van der Waals surface area contributed by atoms with Gasteiger partial charge in [0.05, 0.1) is 11.8 Å². The highest BCUT2D eigenvalue weighted by Crippen LogP contribution is 2.19. The number of amides is 1. The number of hydrogen-bond acceptors (Lipinski definition) is 4. The average molecular weight is 304 g/mol. The predicted octanol–water partition coefficient (Wildman–Crippen LogP) is 2.83. The first kappa shape index (κ1) is 15.6. The van der Waals surface area contributed by atoms with E-state index in [1.54, 1.807) is 6.33 Å². The molecule has 1 aromatic heterocycles. The molecule has 0 fully saturated rings. The highest BCUT2D eigenvalue weighted by molar-refractivity contribution is 7.99. The van der Waals surface area contributed by atoms with E-state index in [2.05, 4.69) is 29.4 Å². The molecule has 21 heavy (non-hydrogen) atoms. The van der Waals surface area contributed by atoms with E-state index >= 15 is 0 Å². The van der Waals surface area contributed by atoms with Gasteiger partial charge in [-0.1, -0.05) is 42.1 Å². The van der Waals surface area contributed by atoms with Crippen LogP contribution in [0, 0.1) is 0 Å². The van der Waals surface area contributed by atoms with Crippen molar-refractivity contribution in [3.63, 3.8) is 0 Å². The van der Waals surface area contributed by atoms with Crippen molar-refractivity contribution < 1.29 is 4.79 Å². The largest absolute Gasteiger partial charge is 0.349 e. The molecule has 5 nitrogen and oxygen atoms in total. The molecule has 0 aliphatic carbocycles. The Morgan fingerprint density at radius 3 is 2.67 bits per heavy atom. The Morgan fingerprint density at radius 2 is 2.00 bits per heavy atom. The van der Waals surface area contributed by atoms with Crippen LogP contribution >= 0.6 is 11.8 Å². The van der Waals surface area contributed by atoms with Crippen LogP contribution in [0.25, 0.3) is 0 Å². The number of rotatable bonds is 6. The third-order valence-electron chi connectivity index (χ3n) is 3.11. The van der Waals surface area contributed by atoms with Crippen LogP contribution in [0.2, 0.25) is 0 Å². The number of nitrogens with zero attached hydrogens (tertiary/aromatic N) is 3. The highest BCUT2D eigenvalue weighted by Gasteiger charge is 2.13. The van der Waals surface area contributed by atoms with Crippen molar-refractivity contribution in [3.05, 3.63) is 42.2 Å². The maximum atomic E-state index is 12.0. The van der Waals surface area contributed by atoms with E-state index < -0.39 is 0 Å². The standard InChI is InChI=1S/C15H20N4OS/c1-11(2)19-10-16-18-15(19)21-9-14(20)17-12(3)13-7-5-4-6-8-13/h4-8,10-12H,9H2,1-3H3,(H,17,20)/t12-/m0/s1. The summed E-state index contributed by atoms with van der Waals surface area (Å²) in [5.74, 6) is 0.331. The lowest BCUT2D eigenvalue weighted by molar-refractivity contribution is -0.119. The third-order valence-corrected chi connectivity index (χ3v) is 4.06. The first-order chi connectivity index (χ1) is 10.1. The van der Waals surface area contributed by atoms with Gasteiger partial charge in [-0.25, -0.2) is 0 Å². The summed E-state index contributed by atoms with van der Waals surface area (Å²) in [6.07, 6.45) is 1.69. The van der Waals surface area contributed by atoms with E-state index in [9.17, 15) is 4.79 Å². The van der Waals surface area contributed by atoms with Crippen molar-refractivity contribution in [2.75, 3.05) is 5.75 Å². The van der Waals surface area contributed by atoms with Crippen LogP contribution in [0.1, 0.15) is 38.4 Å². The Morgan fingerprint density at radius 1 is 1.29 bits per heavy atom. The molecular weight excluding hydrogens is 284 g/mol. The van der Waals surface area contributed by atoms with Crippen LogP contribution in [0.4, 0.5) is 0 Å². The van der Waals surface area contributed by atoms with Crippen LogP contribution in [0.3, 0.4) is 0 Å². The SMILES string of the molecule is CC(C)n1cnnc1SCC(=O)N[C@@H](C)c1ccccc1. The topological polar surface area (TPSA) is 59.8 Å². The molecule has 2 rings (SSSR count).